The lowest BCUT2D eigenvalue weighted by molar-refractivity contribution is -0.145. The van der Waals surface area contributed by atoms with Crippen LogP contribution in [0.5, 0.6) is 17.2 Å². The number of ether oxygens (including phenoxy) is 3. The average Bonchev–Trinajstić information content (AvgIpc) is 2.62. The van der Waals surface area contributed by atoms with Crippen LogP contribution in [-0.2, 0) is 9.53 Å². The van der Waals surface area contributed by atoms with Gasteiger partial charge >= 0.3 is 11.6 Å². The molecule has 1 aromatic heterocycles. The van der Waals surface area contributed by atoms with Crippen molar-refractivity contribution in [2.45, 2.75) is 6.92 Å². The minimum absolute atomic E-state index is 0.0962. The van der Waals surface area contributed by atoms with Crippen molar-refractivity contribution in [3.63, 3.8) is 0 Å². The average molecular weight is 340 g/mol. The Hall–Kier alpha value is -3.28. The van der Waals surface area contributed by atoms with E-state index >= 15 is 0 Å². The molecule has 0 N–H and O–H groups in total. The maximum atomic E-state index is 12.1. The Balaban J connectivity index is 1.81. The lowest BCUT2D eigenvalue weighted by Crippen LogP contribution is -2.14. The molecule has 0 radical (unpaired) electrons. The second kappa shape index (κ2) is 7.53. The molecule has 0 aliphatic rings. The summed E-state index contributed by atoms with van der Waals surface area (Å²) in [5.41, 5.74) is -0.259. The lowest BCUT2D eigenvalue weighted by Gasteiger charge is -2.08. The summed E-state index contributed by atoms with van der Waals surface area (Å²) in [6.07, 6.45) is 0. The van der Waals surface area contributed by atoms with Crippen LogP contribution in [0.1, 0.15) is 6.92 Å². The van der Waals surface area contributed by atoms with Crippen LogP contribution in [0.15, 0.2) is 63.8 Å². The van der Waals surface area contributed by atoms with Crippen molar-refractivity contribution in [2.75, 3.05) is 13.2 Å². The Morgan fingerprint density at radius 1 is 1.04 bits per heavy atom. The third-order valence-corrected chi connectivity index (χ3v) is 3.31. The number of esters is 1. The van der Waals surface area contributed by atoms with E-state index in [4.69, 9.17) is 18.6 Å². The fraction of sp³-hybridized carbons (Fsp3) is 0.158. The first kappa shape index (κ1) is 16.6. The number of fused-ring (bicyclic) bond motifs is 1. The van der Waals surface area contributed by atoms with Gasteiger partial charge in [0.1, 0.15) is 17.1 Å². The molecule has 0 unspecified atom stereocenters. The highest BCUT2D eigenvalue weighted by Gasteiger charge is 2.10. The molecule has 3 aromatic rings. The SMILES string of the molecule is CCOC(=O)COc1ccc2cc(Oc3ccccc3)c(=O)oc2c1. The van der Waals surface area contributed by atoms with Crippen molar-refractivity contribution in [1.29, 1.82) is 0 Å². The van der Waals surface area contributed by atoms with Gasteiger partial charge in [-0.2, -0.15) is 0 Å². The lowest BCUT2D eigenvalue weighted by atomic mass is 10.2. The molecule has 0 amide bonds. The van der Waals surface area contributed by atoms with E-state index in [9.17, 15) is 9.59 Å². The Morgan fingerprint density at radius 2 is 1.84 bits per heavy atom. The zero-order valence-corrected chi connectivity index (χ0v) is 13.6. The molecule has 3 rings (SSSR count). The Bertz CT molecular complexity index is 930. The van der Waals surface area contributed by atoms with E-state index in [-0.39, 0.29) is 12.4 Å². The molecule has 128 valence electrons. The molecule has 0 fully saturated rings. The van der Waals surface area contributed by atoms with Crippen LogP contribution in [-0.4, -0.2) is 19.2 Å². The predicted octanol–water partition coefficient (Wildman–Crippen LogP) is 3.53. The molecule has 6 nitrogen and oxygen atoms in total. The van der Waals surface area contributed by atoms with E-state index < -0.39 is 11.6 Å². The van der Waals surface area contributed by atoms with Gasteiger partial charge < -0.3 is 18.6 Å². The molecule has 0 saturated heterocycles. The smallest absolute Gasteiger partial charge is 0.379 e. The van der Waals surface area contributed by atoms with E-state index in [1.165, 1.54) is 0 Å². The second-order valence-electron chi connectivity index (χ2n) is 5.11. The Kier molecular flexibility index (Phi) is 4.99. The molecule has 0 aliphatic heterocycles. The molecule has 0 aliphatic carbocycles. The summed E-state index contributed by atoms with van der Waals surface area (Å²) in [6, 6.07) is 15.5. The largest absolute Gasteiger partial charge is 0.482 e. The van der Waals surface area contributed by atoms with Gasteiger partial charge in [0.2, 0.25) is 5.75 Å². The fourth-order valence-corrected chi connectivity index (χ4v) is 2.19. The zero-order valence-electron chi connectivity index (χ0n) is 13.6. The third-order valence-electron chi connectivity index (χ3n) is 3.31. The maximum Gasteiger partial charge on any atom is 0.379 e. The van der Waals surface area contributed by atoms with Gasteiger partial charge in [0, 0.05) is 11.5 Å². The standard InChI is InChI=1S/C19H16O6/c1-2-22-18(20)12-23-15-9-8-13-10-17(19(21)25-16(13)11-15)24-14-6-4-3-5-7-14/h3-11H,2,12H2,1H3. The van der Waals surface area contributed by atoms with Crippen LogP contribution in [0.25, 0.3) is 11.0 Å². The summed E-state index contributed by atoms with van der Waals surface area (Å²) >= 11 is 0. The molecule has 1 heterocycles. The van der Waals surface area contributed by atoms with Crippen molar-refractivity contribution in [2.24, 2.45) is 0 Å². The highest BCUT2D eigenvalue weighted by molar-refractivity contribution is 5.79. The van der Waals surface area contributed by atoms with E-state index in [1.807, 2.05) is 18.2 Å². The van der Waals surface area contributed by atoms with Crippen LogP contribution in [0.2, 0.25) is 0 Å². The van der Waals surface area contributed by atoms with Crippen LogP contribution >= 0.6 is 0 Å². The fourth-order valence-electron chi connectivity index (χ4n) is 2.19. The van der Waals surface area contributed by atoms with Crippen LogP contribution in [0, 0.1) is 0 Å². The van der Waals surface area contributed by atoms with Crippen LogP contribution in [0.3, 0.4) is 0 Å². The van der Waals surface area contributed by atoms with E-state index in [0.717, 1.165) is 0 Å². The molecular formula is C19H16O6. The number of rotatable bonds is 6. The van der Waals surface area contributed by atoms with Crippen molar-refractivity contribution in [1.82, 2.24) is 0 Å². The summed E-state index contributed by atoms with van der Waals surface area (Å²) in [6.45, 7) is 1.80. The minimum Gasteiger partial charge on any atom is -0.482 e. The number of carbonyl (C=O) groups excluding carboxylic acids is 1. The number of benzene rings is 2. The van der Waals surface area contributed by atoms with Gasteiger partial charge in [-0.15, -0.1) is 0 Å². The molecule has 0 bridgehead atoms. The van der Waals surface area contributed by atoms with Crippen LogP contribution < -0.4 is 15.1 Å². The molecule has 0 atom stereocenters. The van der Waals surface area contributed by atoms with Crippen molar-refractivity contribution >= 4 is 16.9 Å². The quantitative estimate of drug-likeness (QED) is 0.505. The van der Waals surface area contributed by atoms with Gasteiger partial charge in [-0.3, -0.25) is 0 Å². The van der Waals surface area contributed by atoms with Gasteiger partial charge in [-0.25, -0.2) is 9.59 Å². The van der Waals surface area contributed by atoms with Crippen molar-refractivity contribution in [3.05, 3.63) is 65.0 Å². The van der Waals surface area contributed by atoms with E-state index in [1.54, 1.807) is 43.3 Å². The number of hydrogen-bond acceptors (Lipinski definition) is 6. The Labute approximate surface area is 143 Å². The Morgan fingerprint density at radius 3 is 2.60 bits per heavy atom. The first-order chi connectivity index (χ1) is 12.2. The monoisotopic (exact) mass is 340 g/mol. The van der Waals surface area contributed by atoms with Gasteiger partial charge in [0.05, 0.1) is 6.61 Å². The summed E-state index contributed by atoms with van der Waals surface area (Å²) in [4.78, 5) is 23.4. The van der Waals surface area contributed by atoms with Gasteiger partial charge in [-0.1, -0.05) is 18.2 Å². The topological polar surface area (TPSA) is 75.0 Å². The minimum atomic E-state index is -0.598. The van der Waals surface area contributed by atoms with Gasteiger partial charge in [-0.05, 0) is 37.3 Å². The van der Waals surface area contributed by atoms with E-state index in [0.29, 0.717) is 29.1 Å². The molecule has 6 heteroatoms. The molecule has 0 saturated carbocycles. The predicted molar refractivity (Wildman–Crippen MR) is 91.1 cm³/mol. The van der Waals surface area contributed by atoms with Gasteiger partial charge in [0.15, 0.2) is 6.61 Å². The number of para-hydroxylation sites is 1. The first-order valence-corrected chi connectivity index (χ1v) is 7.75. The summed E-state index contributed by atoms with van der Waals surface area (Å²) in [7, 11) is 0. The zero-order chi connectivity index (χ0) is 17.6. The second-order valence-corrected chi connectivity index (χ2v) is 5.11. The highest BCUT2D eigenvalue weighted by Crippen LogP contribution is 2.25. The highest BCUT2D eigenvalue weighted by atomic mass is 16.6. The summed E-state index contributed by atoms with van der Waals surface area (Å²) < 4.78 is 21.0. The summed E-state index contributed by atoms with van der Waals surface area (Å²) in [5.74, 6) is 0.582. The maximum absolute atomic E-state index is 12.1. The van der Waals surface area contributed by atoms with Gasteiger partial charge in [0.25, 0.3) is 0 Å². The molecular weight excluding hydrogens is 324 g/mol. The summed E-state index contributed by atoms with van der Waals surface area (Å²) in [5, 5.41) is 0.675. The third kappa shape index (κ3) is 4.17. The van der Waals surface area contributed by atoms with Crippen LogP contribution in [0.4, 0.5) is 0 Å². The molecule has 2 aromatic carbocycles. The van der Waals surface area contributed by atoms with Crippen molar-refractivity contribution < 1.29 is 23.4 Å². The molecule has 0 spiro atoms. The number of hydrogen-bond donors (Lipinski definition) is 0. The first-order valence-electron chi connectivity index (χ1n) is 7.75. The molecule has 25 heavy (non-hydrogen) atoms. The number of carbonyl (C=O) groups is 1. The van der Waals surface area contributed by atoms with E-state index in [2.05, 4.69) is 0 Å². The van der Waals surface area contributed by atoms with Crippen molar-refractivity contribution in [3.8, 4) is 17.2 Å². The normalized spacial score (nSPS) is 10.4.